The molecule has 5 heterocycles. The number of ketones is 2. The van der Waals surface area contributed by atoms with E-state index in [2.05, 4.69) is 97.3 Å². The van der Waals surface area contributed by atoms with Gasteiger partial charge < -0.3 is 69.5 Å². The molecule has 0 saturated carbocycles. The van der Waals surface area contributed by atoms with E-state index in [9.17, 15) is 48.6 Å². The molecule has 0 bridgehead atoms. The van der Waals surface area contributed by atoms with Gasteiger partial charge in [-0.1, -0.05) is 102 Å². The second kappa shape index (κ2) is 45.9. The smallest absolute Gasteiger partial charge is 0.505 e. The lowest BCUT2D eigenvalue weighted by Crippen LogP contribution is -2.37. The molecule has 0 aliphatic heterocycles. The van der Waals surface area contributed by atoms with Gasteiger partial charge in [-0.25, -0.2) is 30.1 Å². The van der Waals surface area contributed by atoms with E-state index in [1.807, 2.05) is 81.4 Å². The first kappa shape index (κ1) is 97.0. The third kappa shape index (κ3) is 28.6. The van der Waals surface area contributed by atoms with Gasteiger partial charge >= 0.3 is 11.4 Å². The summed E-state index contributed by atoms with van der Waals surface area (Å²) in [6, 6.07) is 20.5. The van der Waals surface area contributed by atoms with Gasteiger partial charge in [0.05, 0.1) is 46.3 Å². The Balaban J connectivity index is 0.000000455. The number of hydrogen-bond donors (Lipinski definition) is 7. The van der Waals surface area contributed by atoms with Crippen LogP contribution in [0.1, 0.15) is 293 Å². The molecule has 0 fully saturated rings. The molecule has 4 aromatic carbocycles. The molecule has 0 radical (unpaired) electrons. The monoisotopic (exact) mass is 1600 g/mol. The minimum Gasteiger partial charge on any atom is -0.505 e. The highest BCUT2D eigenvalue weighted by atomic mass is 35.8. The Morgan fingerprint density at radius 1 is 0.468 bits per heavy atom. The number of furan rings is 5. The van der Waals surface area contributed by atoms with E-state index in [1.165, 1.54) is 52.1 Å². The molecule has 27 heteroatoms. The van der Waals surface area contributed by atoms with Gasteiger partial charge in [0.15, 0.2) is 34.6 Å². The highest BCUT2D eigenvalue weighted by molar-refractivity contribution is 7.54. The molecule has 3 atom stereocenters. The van der Waals surface area contributed by atoms with E-state index >= 15 is 0 Å². The molecular weight excluding hydrogens is 1490 g/mol. The van der Waals surface area contributed by atoms with Crippen molar-refractivity contribution in [3.05, 3.63) is 210 Å². The summed E-state index contributed by atoms with van der Waals surface area (Å²) >= 11 is 3.55. The molecule has 22 nitrogen and oxygen atoms in total. The molecule has 598 valence electrons. The van der Waals surface area contributed by atoms with Gasteiger partial charge in [0, 0.05) is 52.0 Å². The maximum Gasteiger partial charge on any atom is 0.643 e. The van der Waals surface area contributed by atoms with Crippen molar-refractivity contribution in [2.45, 2.75) is 225 Å². The fourth-order valence-corrected chi connectivity index (χ4v) is 10.6. The molecule has 9 rings (SSSR count). The molecule has 109 heavy (non-hydrogen) atoms. The summed E-state index contributed by atoms with van der Waals surface area (Å²) in [5.74, 6) is 8.62. The highest BCUT2D eigenvalue weighted by Gasteiger charge is 2.28. The summed E-state index contributed by atoms with van der Waals surface area (Å²) in [4.78, 5) is 96.2. The van der Waals surface area contributed by atoms with Crippen molar-refractivity contribution in [2.75, 3.05) is 44.1 Å². The summed E-state index contributed by atoms with van der Waals surface area (Å²) < 4.78 is 27.6. The van der Waals surface area contributed by atoms with Crippen LogP contribution in [0.3, 0.4) is 0 Å². The van der Waals surface area contributed by atoms with Gasteiger partial charge in [-0.15, -0.1) is 11.6 Å². The Bertz CT molecular complexity index is 4470. The second-order valence-corrected chi connectivity index (χ2v) is 35.0. The average Bonchev–Trinajstić information content (AvgIpc) is 1.71. The Hall–Kier alpha value is -8.11. The Morgan fingerprint density at radius 3 is 1.13 bits per heavy atom. The number of para-hydroxylation sites is 2. The van der Waals surface area contributed by atoms with Crippen LogP contribution in [0.4, 0.5) is 28.4 Å². The number of rotatable bonds is 22. The number of phenols is 2. The number of alkyl halides is 1. The van der Waals surface area contributed by atoms with Crippen molar-refractivity contribution in [2.24, 2.45) is 11.5 Å². The van der Waals surface area contributed by atoms with Crippen LogP contribution in [0.15, 0.2) is 114 Å². The molecule has 9 N–H and O–H groups in total. The maximum atomic E-state index is 12.3. The largest absolute Gasteiger partial charge is 0.643 e. The van der Waals surface area contributed by atoms with Gasteiger partial charge in [-0.3, -0.25) is 38.4 Å². The van der Waals surface area contributed by atoms with Crippen LogP contribution in [0.5, 0.6) is 11.5 Å². The third-order valence-corrected chi connectivity index (χ3v) is 16.9. The summed E-state index contributed by atoms with van der Waals surface area (Å²) in [5.41, 5.74) is 15.3. The van der Waals surface area contributed by atoms with Crippen molar-refractivity contribution in [3.63, 3.8) is 0 Å². The van der Waals surface area contributed by atoms with Crippen LogP contribution in [-0.4, -0.2) is 88.3 Å². The lowest BCUT2D eigenvalue weighted by molar-refractivity contribution is 0.0817. The highest BCUT2D eigenvalue weighted by Crippen LogP contribution is 2.36. The topological polar surface area (TPSA) is 337 Å². The van der Waals surface area contributed by atoms with Gasteiger partial charge in [-0.2, -0.15) is 0 Å². The SMILES string of the molecule is CC(C)Cl.CCC(=O)c1cc(C(C)C)c(C)o1.CCC(=O)c1ccc(C)o1.CCC(N)c1cc(C(C)C)c(C)o1.CC[C@@H](N)c1cc(C(C)C)c(C)o1.CC[C@@H](Nc1c(Nc2cccc(C(=O)N(C)C)c2O)c(=O)c1=O)c1cc(C(C)C)c(C)o1.Cc1c(Nc2cccc(C(=O)N(C)C)c2O)c(=O)c1=O.[Cl][Al]([Cl])[Cl]. The zero-order valence-electron chi connectivity index (χ0n) is 67.9. The fraction of sp³-hybridized carbons (Fsp3) is 0.463. The third-order valence-electron chi connectivity index (χ3n) is 16.9. The molecule has 0 saturated heterocycles. The predicted octanol–water partition coefficient (Wildman–Crippen LogP) is 19.8. The van der Waals surface area contributed by atoms with Gasteiger partial charge in [-0.05, 0) is 181 Å². The molecule has 2 amide bonds. The predicted molar refractivity (Wildman–Crippen MR) is 444 cm³/mol. The number of aromatic hydroxyl groups is 2. The summed E-state index contributed by atoms with van der Waals surface area (Å²) in [7, 11) is 21.1. The zero-order valence-corrected chi connectivity index (χ0v) is 72.1. The number of phenolic OH excluding ortho intramolecular Hbond substituents is 2. The summed E-state index contributed by atoms with van der Waals surface area (Å²) in [6.45, 7) is 41.8. The van der Waals surface area contributed by atoms with Gasteiger partial charge in [0.2, 0.25) is 10.9 Å². The van der Waals surface area contributed by atoms with E-state index in [4.69, 9.17) is 75.3 Å². The van der Waals surface area contributed by atoms with Crippen molar-refractivity contribution in [1.29, 1.82) is 0 Å². The van der Waals surface area contributed by atoms with Crippen molar-refractivity contribution in [3.8, 4) is 11.5 Å². The Kier molecular flexibility index (Phi) is 40.8. The van der Waals surface area contributed by atoms with E-state index in [0.717, 1.165) is 64.3 Å². The van der Waals surface area contributed by atoms with Crippen LogP contribution >= 0.6 is 41.7 Å². The van der Waals surface area contributed by atoms with Crippen LogP contribution < -0.4 is 49.1 Å². The number of Topliss-reactive ketones (excluding diaryl/α,β-unsaturated/α-hetero) is 2. The van der Waals surface area contributed by atoms with Crippen molar-refractivity contribution < 1.29 is 51.5 Å². The first-order valence-electron chi connectivity index (χ1n) is 36.4. The fourth-order valence-electron chi connectivity index (χ4n) is 10.6. The van der Waals surface area contributed by atoms with Crippen LogP contribution in [0.25, 0.3) is 0 Å². The second-order valence-electron chi connectivity index (χ2n) is 27.7. The first-order chi connectivity index (χ1) is 50.8. The van der Waals surface area contributed by atoms with Crippen LogP contribution in [0.2, 0.25) is 0 Å². The van der Waals surface area contributed by atoms with E-state index in [1.54, 1.807) is 52.5 Å². The number of carbonyl (C=O) groups excluding carboxylic acids is 4. The molecule has 5 aromatic heterocycles. The minimum atomic E-state index is -1.72. The minimum absolute atomic E-state index is 0.0468. The number of nitrogens with zero attached hydrogens (tertiary/aromatic N) is 2. The first-order valence-corrected chi connectivity index (χ1v) is 42.1. The number of nitrogens with two attached hydrogens (primary N) is 2. The lowest BCUT2D eigenvalue weighted by Gasteiger charge is -2.21. The lowest BCUT2D eigenvalue weighted by atomic mass is 10.0. The van der Waals surface area contributed by atoms with Crippen LogP contribution in [0, 0.1) is 41.5 Å². The number of hydrogen-bond acceptors (Lipinski definition) is 20. The number of carbonyl (C=O) groups is 4. The molecule has 1 unspecified atom stereocenters. The number of halogens is 4. The molecule has 0 aliphatic carbocycles. The van der Waals surface area contributed by atoms with Gasteiger partial charge in [0.25, 0.3) is 22.7 Å². The summed E-state index contributed by atoms with van der Waals surface area (Å²) in [6.07, 6.45) is 3.48. The number of nitrogens with one attached hydrogen (secondary N) is 3. The number of anilines is 5. The van der Waals surface area contributed by atoms with Crippen LogP contribution in [-0.2, 0) is 0 Å². The van der Waals surface area contributed by atoms with Crippen molar-refractivity contribution in [1.82, 2.24) is 9.80 Å². The Labute approximate surface area is 663 Å². The van der Waals surface area contributed by atoms with E-state index < -0.39 is 33.1 Å². The molecular formula is C82H114AlCl4N7O15. The normalized spacial score (nSPS) is 11.6. The van der Waals surface area contributed by atoms with E-state index in [0.29, 0.717) is 71.2 Å². The van der Waals surface area contributed by atoms with E-state index in [-0.39, 0.29) is 92.6 Å². The maximum absolute atomic E-state index is 12.3. The number of benzene rings is 2. The summed E-state index contributed by atoms with van der Waals surface area (Å²) in [5, 5.41) is 29.6. The molecule has 0 spiro atoms. The zero-order chi connectivity index (χ0) is 83.5. The molecule has 0 aliphatic rings. The standard InChI is InChI=1S/C24H29N3O5.C14H14N2O4.2C11H19NO.C11H16O2.C8H10O2.C3H7Cl.Al.3ClH/c1-7-16(18-11-15(12(2)3)13(4)32-18)25-19-20(23(30)22(19)29)26-17-10-8-9-14(21(17)28)24(31)27(5)6;1-7-10(13(19)11(7)17)15-9-6-4-5-8(12(9)18)14(20)16(2)3;3*1-5-10(12)11-6-9(7(2)3)8(4)13-11;1-3-7(9)8-5-4-6(2)10-8;1-3(2)4;;;;/h8-12,16,25-26,28H,7H2,1-6H3;4-6,15,18H,1-3H3;2*6-7,10H,5,12H2,1-4H3;6-7H,5H2,1-4H3;4-5H,3H2,1-2H3;3H,1-2H3;;3*1H/q;;;;;;;+3;;;/p-3/t16-;;10-;;;;;;;;/m1.1......../s1. The van der Waals surface area contributed by atoms with Gasteiger partial charge in [0.1, 0.15) is 57.5 Å². The number of aryl methyl sites for hydroxylation is 5. The molecule has 9 aromatic rings. The average molecular weight is 1610 g/mol. The Morgan fingerprint density at radius 2 is 0.807 bits per heavy atom. The van der Waals surface area contributed by atoms with Crippen molar-refractivity contribution >= 4 is 105 Å². The quantitative estimate of drug-likeness (QED) is 0.0109. The number of amides is 2.